The van der Waals surface area contributed by atoms with Crippen molar-refractivity contribution in [3.8, 4) is 0 Å². The Hall–Kier alpha value is -2.42. The van der Waals surface area contributed by atoms with Crippen molar-refractivity contribution in [2.24, 2.45) is 0 Å². The van der Waals surface area contributed by atoms with Gasteiger partial charge in [-0.05, 0) is 39.3 Å². The molecular weight excluding hydrogens is 363 g/mol. The van der Waals surface area contributed by atoms with Gasteiger partial charge in [-0.3, -0.25) is 14.2 Å². The molecule has 2 rings (SSSR count). The van der Waals surface area contributed by atoms with Gasteiger partial charge in [-0.15, -0.1) is 0 Å². The van der Waals surface area contributed by atoms with E-state index in [9.17, 15) is 22.8 Å². The predicted molar refractivity (Wildman–Crippen MR) is 94.4 cm³/mol. The number of nitrogens with one attached hydrogen (secondary N) is 1. The molecule has 148 valence electrons. The lowest BCUT2D eigenvalue weighted by Crippen LogP contribution is -2.39. The third kappa shape index (κ3) is 5.06. The van der Waals surface area contributed by atoms with E-state index in [-0.39, 0.29) is 17.1 Å². The number of nitrogens with zero attached hydrogens (tertiary/aromatic N) is 2. The van der Waals surface area contributed by atoms with Gasteiger partial charge in [0.05, 0.1) is 17.1 Å². The van der Waals surface area contributed by atoms with E-state index in [2.05, 4.69) is 10.3 Å². The van der Waals surface area contributed by atoms with Crippen molar-refractivity contribution in [3.05, 3.63) is 40.3 Å². The highest BCUT2D eigenvalue weighted by atomic mass is 19.4. The summed E-state index contributed by atoms with van der Waals surface area (Å²) in [4.78, 5) is 28.2. The molecule has 9 heteroatoms. The highest BCUT2D eigenvalue weighted by molar-refractivity contribution is 5.83. The Morgan fingerprint density at radius 2 is 1.93 bits per heavy atom. The van der Waals surface area contributed by atoms with Crippen LogP contribution in [0.3, 0.4) is 0 Å². The van der Waals surface area contributed by atoms with E-state index in [1.807, 2.05) is 13.8 Å². The maximum Gasteiger partial charge on any atom is 0.438 e. The van der Waals surface area contributed by atoms with Crippen molar-refractivity contribution in [2.45, 2.75) is 45.5 Å². The molecule has 0 saturated heterocycles. The summed E-state index contributed by atoms with van der Waals surface area (Å²) in [5, 5.41) is 2.62. The molecule has 0 spiro atoms. The number of hydrogen-bond donors (Lipinski definition) is 1. The molecule has 1 heterocycles. The Kier molecular flexibility index (Phi) is 6.59. The smallest absolute Gasteiger partial charge is 0.379 e. The van der Waals surface area contributed by atoms with Gasteiger partial charge in [0.1, 0.15) is 6.04 Å². The molecule has 0 aliphatic rings. The molecule has 6 nitrogen and oxygen atoms in total. The van der Waals surface area contributed by atoms with Gasteiger partial charge in [-0.2, -0.15) is 13.2 Å². The van der Waals surface area contributed by atoms with Crippen LogP contribution in [0.2, 0.25) is 0 Å². The number of halogens is 3. The normalized spacial score (nSPS) is 13.1. The summed E-state index contributed by atoms with van der Waals surface area (Å²) >= 11 is 0. The van der Waals surface area contributed by atoms with Crippen LogP contribution in [0, 0.1) is 0 Å². The lowest BCUT2D eigenvalue weighted by molar-refractivity contribution is -0.142. The minimum Gasteiger partial charge on any atom is -0.379 e. The quantitative estimate of drug-likeness (QED) is 0.744. The molecule has 2 aromatic rings. The molecule has 1 atom stereocenters. The fraction of sp³-hybridized carbons (Fsp3) is 0.500. The first-order chi connectivity index (χ1) is 12.6. The van der Waals surface area contributed by atoms with Crippen LogP contribution in [-0.4, -0.2) is 34.7 Å². The zero-order valence-electron chi connectivity index (χ0n) is 15.3. The number of benzene rings is 1. The van der Waals surface area contributed by atoms with E-state index in [0.717, 1.165) is 4.57 Å². The Morgan fingerprint density at radius 3 is 2.56 bits per heavy atom. The highest BCUT2D eigenvalue weighted by Gasteiger charge is 2.38. The van der Waals surface area contributed by atoms with Gasteiger partial charge in [-0.1, -0.05) is 12.1 Å². The molecule has 1 aromatic heterocycles. The summed E-state index contributed by atoms with van der Waals surface area (Å²) in [6, 6.07) is 4.79. The lowest BCUT2D eigenvalue weighted by atomic mass is 10.2. The second-order valence-electron chi connectivity index (χ2n) is 6.36. The van der Waals surface area contributed by atoms with Gasteiger partial charge in [0.25, 0.3) is 5.56 Å². The number of para-hydroxylation sites is 2. The molecule has 0 unspecified atom stereocenters. The molecular formula is C18H22F3N3O3. The van der Waals surface area contributed by atoms with Crippen LogP contribution in [-0.2, 0) is 15.7 Å². The molecule has 1 aromatic carbocycles. The summed E-state index contributed by atoms with van der Waals surface area (Å²) in [5.74, 6) is -0.550. The van der Waals surface area contributed by atoms with Gasteiger partial charge in [0, 0.05) is 13.2 Å². The number of amides is 1. The van der Waals surface area contributed by atoms with Crippen molar-refractivity contribution >= 4 is 16.9 Å². The van der Waals surface area contributed by atoms with Crippen LogP contribution in [0.5, 0.6) is 0 Å². The molecule has 27 heavy (non-hydrogen) atoms. The van der Waals surface area contributed by atoms with E-state index in [4.69, 9.17) is 4.74 Å². The van der Waals surface area contributed by atoms with E-state index in [1.54, 1.807) is 6.07 Å². The average molecular weight is 385 g/mol. The SMILES string of the molecule is CC(C)OCCCNC(=O)[C@@H](C)n1c(=O)c(C(F)(F)F)nc2ccccc21. The minimum atomic E-state index is -4.91. The molecule has 0 fully saturated rings. The second kappa shape index (κ2) is 8.51. The molecule has 0 saturated carbocycles. The summed E-state index contributed by atoms with van der Waals surface area (Å²) in [5.41, 5.74) is -2.71. The molecule has 0 aliphatic heterocycles. The Labute approximate surface area is 154 Å². The first-order valence-electron chi connectivity index (χ1n) is 8.60. The standard InChI is InChI=1S/C18H22F3N3O3/c1-11(2)27-10-6-9-22-16(25)12(3)24-14-8-5-4-7-13(14)23-15(17(24)26)18(19,20)21/h4-5,7-8,11-12H,6,9-10H2,1-3H3,(H,22,25)/t12-/m1/s1. The fourth-order valence-corrected chi connectivity index (χ4v) is 2.59. The van der Waals surface area contributed by atoms with Crippen LogP contribution in [0.4, 0.5) is 13.2 Å². The van der Waals surface area contributed by atoms with Crippen LogP contribution in [0.1, 0.15) is 38.9 Å². The third-order valence-corrected chi connectivity index (χ3v) is 3.90. The van der Waals surface area contributed by atoms with Gasteiger partial charge >= 0.3 is 6.18 Å². The summed E-state index contributed by atoms with van der Waals surface area (Å²) < 4.78 is 45.7. The van der Waals surface area contributed by atoms with E-state index in [1.165, 1.54) is 25.1 Å². The maximum atomic E-state index is 13.2. The number of fused-ring (bicyclic) bond motifs is 1. The van der Waals surface area contributed by atoms with Gasteiger partial charge in [-0.25, -0.2) is 4.98 Å². The predicted octanol–water partition coefficient (Wildman–Crippen LogP) is 2.91. The van der Waals surface area contributed by atoms with E-state index in [0.29, 0.717) is 19.6 Å². The Bertz CT molecular complexity index is 862. The number of rotatable bonds is 7. The number of aromatic nitrogens is 2. The molecule has 0 bridgehead atoms. The van der Waals surface area contributed by atoms with E-state index >= 15 is 0 Å². The summed E-state index contributed by atoms with van der Waals surface area (Å²) in [6.07, 6.45) is -4.29. The maximum absolute atomic E-state index is 13.2. The number of alkyl halides is 3. The molecule has 1 N–H and O–H groups in total. The summed E-state index contributed by atoms with van der Waals surface area (Å²) in [6.45, 7) is 5.90. The minimum absolute atomic E-state index is 0.00518. The number of carbonyl (C=O) groups is 1. The molecule has 0 radical (unpaired) electrons. The number of ether oxygens (including phenoxy) is 1. The van der Waals surface area contributed by atoms with Gasteiger partial charge in [0.2, 0.25) is 11.6 Å². The van der Waals surface area contributed by atoms with Crippen LogP contribution in [0.25, 0.3) is 11.0 Å². The van der Waals surface area contributed by atoms with Gasteiger partial charge in [0.15, 0.2) is 0 Å². The van der Waals surface area contributed by atoms with Crippen molar-refractivity contribution in [3.63, 3.8) is 0 Å². The zero-order chi connectivity index (χ0) is 20.2. The van der Waals surface area contributed by atoms with E-state index < -0.39 is 29.4 Å². The Balaban J connectivity index is 2.29. The number of carbonyl (C=O) groups excluding carboxylic acids is 1. The number of hydrogen-bond acceptors (Lipinski definition) is 4. The van der Waals surface area contributed by atoms with Crippen LogP contribution >= 0.6 is 0 Å². The second-order valence-corrected chi connectivity index (χ2v) is 6.36. The molecule has 1 amide bonds. The monoisotopic (exact) mass is 385 g/mol. The largest absolute Gasteiger partial charge is 0.438 e. The Morgan fingerprint density at radius 1 is 1.26 bits per heavy atom. The van der Waals surface area contributed by atoms with Crippen molar-refractivity contribution in [1.29, 1.82) is 0 Å². The average Bonchev–Trinajstić information content (AvgIpc) is 2.59. The fourth-order valence-electron chi connectivity index (χ4n) is 2.59. The lowest BCUT2D eigenvalue weighted by Gasteiger charge is -2.19. The van der Waals surface area contributed by atoms with Gasteiger partial charge < -0.3 is 10.1 Å². The first kappa shape index (κ1) is 20.9. The van der Waals surface area contributed by atoms with Crippen molar-refractivity contribution in [1.82, 2.24) is 14.9 Å². The molecule has 0 aliphatic carbocycles. The zero-order valence-corrected chi connectivity index (χ0v) is 15.3. The third-order valence-electron chi connectivity index (χ3n) is 3.90. The topological polar surface area (TPSA) is 73.2 Å². The highest BCUT2D eigenvalue weighted by Crippen LogP contribution is 2.27. The van der Waals surface area contributed by atoms with Crippen LogP contribution in [0.15, 0.2) is 29.1 Å². The van der Waals surface area contributed by atoms with Crippen LogP contribution < -0.4 is 10.9 Å². The van der Waals surface area contributed by atoms with Crippen molar-refractivity contribution < 1.29 is 22.7 Å². The van der Waals surface area contributed by atoms with Crippen molar-refractivity contribution in [2.75, 3.05) is 13.2 Å². The first-order valence-corrected chi connectivity index (χ1v) is 8.60. The summed E-state index contributed by atoms with van der Waals surface area (Å²) in [7, 11) is 0.